The molecule has 130 valence electrons. The third-order valence-corrected chi connectivity index (χ3v) is 6.59. The molecule has 1 heterocycles. The van der Waals surface area contributed by atoms with E-state index in [4.69, 9.17) is 5.11 Å². The lowest BCUT2D eigenvalue weighted by atomic mass is 10.1. The lowest BCUT2D eigenvalue weighted by Gasteiger charge is -2.21. The molecule has 1 unspecified atom stereocenters. The SMILES string of the molecule is O=C(O)C1CCCN1C(=O)CCS(=O)(=O)c1ccc2c(c1)CCC2. The van der Waals surface area contributed by atoms with Gasteiger partial charge >= 0.3 is 5.97 Å². The molecule has 1 aromatic rings. The van der Waals surface area contributed by atoms with Gasteiger partial charge in [0.2, 0.25) is 5.91 Å². The summed E-state index contributed by atoms with van der Waals surface area (Å²) in [6, 6.07) is 4.37. The number of amides is 1. The summed E-state index contributed by atoms with van der Waals surface area (Å²) < 4.78 is 25.0. The summed E-state index contributed by atoms with van der Waals surface area (Å²) in [5.74, 6) is -1.71. The van der Waals surface area contributed by atoms with Crippen molar-refractivity contribution in [1.29, 1.82) is 0 Å². The fraction of sp³-hybridized carbons (Fsp3) is 0.529. The monoisotopic (exact) mass is 351 g/mol. The normalized spacial score (nSPS) is 20.2. The van der Waals surface area contributed by atoms with E-state index >= 15 is 0 Å². The number of likely N-dealkylation sites (tertiary alicyclic amines) is 1. The molecule has 0 saturated carbocycles. The largest absolute Gasteiger partial charge is 0.480 e. The van der Waals surface area contributed by atoms with Gasteiger partial charge in [-0.2, -0.15) is 0 Å². The second-order valence-corrected chi connectivity index (χ2v) is 8.55. The van der Waals surface area contributed by atoms with Crippen molar-refractivity contribution in [2.24, 2.45) is 0 Å². The number of hydrogen-bond acceptors (Lipinski definition) is 4. The van der Waals surface area contributed by atoms with Crippen LogP contribution in [-0.4, -0.2) is 48.6 Å². The molecule has 1 aliphatic carbocycles. The maximum atomic E-state index is 12.5. The second-order valence-electron chi connectivity index (χ2n) is 6.44. The zero-order valence-corrected chi connectivity index (χ0v) is 14.2. The van der Waals surface area contributed by atoms with E-state index in [1.807, 2.05) is 6.07 Å². The molecule has 1 aliphatic heterocycles. The van der Waals surface area contributed by atoms with E-state index in [1.165, 1.54) is 10.5 Å². The van der Waals surface area contributed by atoms with E-state index in [-0.39, 0.29) is 17.1 Å². The molecular formula is C17H21NO5S. The zero-order valence-electron chi connectivity index (χ0n) is 13.4. The first kappa shape index (κ1) is 17.0. The maximum absolute atomic E-state index is 12.5. The molecule has 0 bridgehead atoms. The molecule has 0 aromatic heterocycles. The van der Waals surface area contributed by atoms with Crippen molar-refractivity contribution in [3.05, 3.63) is 29.3 Å². The fourth-order valence-electron chi connectivity index (χ4n) is 3.55. The molecule has 1 N–H and O–H groups in total. The van der Waals surface area contributed by atoms with E-state index in [1.54, 1.807) is 12.1 Å². The Kier molecular flexibility index (Phi) is 4.62. The van der Waals surface area contributed by atoms with E-state index in [2.05, 4.69) is 0 Å². The minimum atomic E-state index is -3.54. The van der Waals surface area contributed by atoms with Crippen LogP contribution < -0.4 is 0 Å². The Balaban J connectivity index is 1.67. The van der Waals surface area contributed by atoms with Gasteiger partial charge in [0.1, 0.15) is 6.04 Å². The highest BCUT2D eigenvalue weighted by molar-refractivity contribution is 7.91. The summed E-state index contributed by atoms with van der Waals surface area (Å²) in [5, 5.41) is 9.12. The Morgan fingerprint density at radius 2 is 1.92 bits per heavy atom. The molecule has 3 rings (SSSR count). The first-order valence-electron chi connectivity index (χ1n) is 8.25. The lowest BCUT2D eigenvalue weighted by Crippen LogP contribution is -2.41. The first-order valence-corrected chi connectivity index (χ1v) is 9.90. The smallest absolute Gasteiger partial charge is 0.326 e. The third-order valence-electron chi connectivity index (χ3n) is 4.87. The van der Waals surface area contributed by atoms with Gasteiger partial charge in [-0.25, -0.2) is 13.2 Å². The van der Waals surface area contributed by atoms with E-state index in [0.29, 0.717) is 19.4 Å². The topological polar surface area (TPSA) is 91.8 Å². The second kappa shape index (κ2) is 6.55. The Morgan fingerprint density at radius 3 is 2.67 bits per heavy atom. The molecule has 0 radical (unpaired) electrons. The van der Waals surface area contributed by atoms with Crippen LogP contribution in [0, 0.1) is 0 Å². The Morgan fingerprint density at radius 1 is 1.17 bits per heavy atom. The molecule has 1 fully saturated rings. The van der Waals surface area contributed by atoms with Crippen LogP contribution in [0.15, 0.2) is 23.1 Å². The molecule has 1 amide bonds. The summed E-state index contributed by atoms with van der Waals surface area (Å²) >= 11 is 0. The van der Waals surface area contributed by atoms with Gasteiger partial charge in [-0.1, -0.05) is 6.07 Å². The van der Waals surface area contributed by atoms with Crippen molar-refractivity contribution < 1.29 is 23.1 Å². The molecule has 7 heteroatoms. The predicted octanol–water partition coefficient (Wildman–Crippen LogP) is 1.41. The van der Waals surface area contributed by atoms with Gasteiger partial charge < -0.3 is 10.0 Å². The standard InChI is InChI=1S/C17H21NO5S/c19-16(18-9-2-5-15(18)17(20)21)8-10-24(22,23)14-7-6-12-3-1-4-13(12)11-14/h6-7,11,15H,1-5,8-10H2,(H,20,21). The summed E-state index contributed by atoms with van der Waals surface area (Å²) in [4.78, 5) is 24.9. The Hall–Kier alpha value is -1.89. The number of carbonyl (C=O) groups is 2. The zero-order chi connectivity index (χ0) is 17.3. The van der Waals surface area contributed by atoms with E-state index in [9.17, 15) is 18.0 Å². The number of hydrogen-bond donors (Lipinski definition) is 1. The molecule has 24 heavy (non-hydrogen) atoms. The van der Waals surface area contributed by atoms with Crippen LogP contribution in [0.25, 0.3) is 0 Å². The first-order chi connectivity index (χ1) is 11.4. The third kappa shape index (κ3) is 3.31. The van der Waals surface area contributed by atoms with Crippen molar-refractivity contribution in [2.45, 2.75) is 49.5 Å². The number of rotatable bonds is 5. The molecule has 1 saturated heterocycles. The van der Waals surface area contributed by atoms with Crippen molar-refractivity contribution in [1.82, 2.24) is 4.90 Å². The number of nitrogens with zero attached hydrogens (tertiary/aromatic N) is 1. The number of carboxylic acid groups (broad SMARTS) is 1. The number of aryl methyl sites for hydroxylation is 2. The predicted molar refractivity (Wildman–Crippen MR) is 87.5 cm³/mol. The van der Waals surface area contributed by atoms with Crippen molar-refractivity contribution in [2.75, 3.05) is 12.3 Å². The number of carbonyl (C=O) groups excluding carboxylic acids is 1. The number of carboxylic acids is 1. The maximum Gasteiger partial charge on any atom is 0.326 e. The van der Waals surface area contributed by atoms with Crippen LogP contribution in [0.2, 0.25) is 0 Å². The molecule has 1 aromatic carbocycles. The van der Waals surface area contributed by atoms with Gasteiger partial charge in [-0.3, -0.25) is 4.79 Å². The Bertz CT molecular complexity index is 771. The minimum Gasteiger partial charge on any atom is -0.480 e. The lowest BCUT2D eigenvalue weighted by molar-refractivity contribution is -0.148. The van der Waals surface area contributed by atoms with Crippen LogP contribution in [-0.2, 0) is 32.3 Å². The van der Waals surface area contributed by atoms with Crippen LogP contribution in [0.1, 0.15) is 36.8 Å². The summed E-state index contributed by atoms with van der Waals surface area (Å²) in [6.45, 7) is 0.384. The molecule has 0 spiro atoms. The van der Waals surface area contributed by atoms with Crippen molar-refractivity contribution in [3.63, 3.8) is 0 Å². The summed E-state index contributed by atoms with van der Waals surface area (Å²) in [5.41, 5.74) is 2.28. The number of aliphatic carboxylic acids is 1. The van der Waals surface area contributed by atoms with Crippen LogP contribution >= 0.6 is 0 Å². The van der Waals surface area contributed by atoms with Gasteiger partial charge in [0.15, 0.2) is 9.84 Å². The van der Waals surface area contributed by atoms with Gasteiger partial charge in [0.05, 0.1) is 10.6 Å². The summed E-state index contributed by atoms with van der Waals surface area (Å²) in [6.07, 6.45) is 3.82. The minimum absolute atomic E-state index is 0.177. The fourth-order valence-corrected chi connectivity index (χ4v) is 4.82. The van der Waals surface area contributed by atoms with E-state index in [0.717, 1.165) is 24.8 Å². The quantitative estimate of drug-likeness (QED) is 0.866. The number of benzene rings is 1. The van der Waals surface area contributed by atoms with Gasteiger partial charge in [-0.15, -0.1) is 0 Å². The molecule has 1 atom stereocenters. The van der Waals surface area contributed by atoms with Gasteiger partial charge in [0, 0.05) is 13.0 Å². The highest BCUT2D eigenvalue weighted by Crippen LogP contribution is 2.26. The average molecular weight is 351 g/mol. The van der Waals surface area contributed by atoms with Crippen LogP contribution in [0.4, 0.5) is 0 Å². The highest BCUT2D eigenvalue weighted by Gasteiger charge is 2.34. The van der Waals surface area contributed by atoms with E-state index < -0.39 is 27.8 Å². The average Bonchev–Trinajstić information content (AvgIpc) is 3.20. The summed E-state index contributed by atoms with van der Waals surface area (Å²) in [7, 11) is -3.54. The van der Waals surface area contributed by atoms with Gasteiger partial charge in [0.25, 0.3) is 0 Å². The highest BCUT2D eigenvalue weighted by atomic mass is 32.2. The molecular weight excluding hydrogens is 330 g/mol. The number of fused-ring (bicyclic) bond motifs is 1. The molecule has 6 nitrogen and oxygen atoms in total. The molecule has 2 aliphatic rings. The van der Waals surface area contributed by atoms with Crippen molar-refractivity contribution >= 4 is 21.7 Å². The van der Waals surface area contributed by atoms with Crippen LogP contribution in [0.5, 0.6) is 0 Å². The van der Waals surface area contributed by atoms with Crippen LogP contribution in [0.3, 0.4) is 0 Å². The van der Waals surface area contributed by atoms with Crippen molar-refractivity contribution in [3.8, 4) is 0 Å². The number of sulfone groups is 1. The Labute approximate surface area is 141 Å². The van der Waals surface area contributed by atoms with Gasteiger partial charge in [-0.05, 0) is 55.4 Å².